The standard InChI is InChI=1S/C22H23NO4S/c1-4-19-20(22(24)25)28-21(23-19)16-6-5-7-17(13-16)26-8-9-27-18-11-14(2)10-15(3)12-18/h5-7,10-13H,4,8-9H2,1-3H3,(H,24,25). The van der Waals surface area contributed by atoms with Crippen molar-refractivity contribution in [2.24, 2.45) is 0 Å². The molecule has 1 N–H and O–H groups in total. The Labute approximate surface area is 168 Å². The van der Waals surface area contributed by atoms with Gasteiger partial charge < -0.3 is 14.6 Å². The molecule has 0 amide bonds. The van der Waals surface area contributed by atoms with E-state index in [1.807, 2.05) is 57.2 Å². The van der Waals surface area contributed by atoms with Gasteiger partial charge in [-0.15, -0.1) is 11.3 Å². The fourth-order valence-corrected chi connectivity index (χ4v) is 3.93. The van der Waals surface area contributed by atoms with Crippen molar-refractivity contribution in [1.82, 2.24) is 4.98 Å². The molecule has 0 unspecified atom stereocenters. The predicted octanol–water partition coefficient (Wildman–Crippen LogP) is 5.15. The molecule has 0 aliphatic heterocycles. The van der Waals surface area contributed by atoms with Crippen LogP contribution in [0.2, 0.25) is 0 Å². The Balaban J connectivity index is 1.63. The largest absolute Gasteiger partial charge is 0.490 e. The maximum atomic E-state index is 11.4. The SMILES string of the molecule is CCc1nc(-c2cccc(OCCOc3cc(C)cc(C)c3)c2)sc1C(=O)O. The van der Waals surface area contributed by atoms with Crippen LogP contribution in [0.25, 0.3) is 10.6 Å². The molecule has 0 spiro atoms. The molecular formula is C22H23NO4S. The molecule has 0 atom stereocenters. The molecule has 0 radical (unpaired) electrons. The van der Waals surface area contributed by atoms with Crippen LogP contribution in [-0.4, -0.2) is 29.3 Å². The highest BCUT2D eigenvalue weighted by atomic mass is 32.1. The minimum Gasteiger partial charge on any atom is -0.490 e. The summed E-state index contributed by atoms with van der Waals surface area (Å²) in [4.78, 5) is 16.1. The predicted molar refractivity (Wildman–Crippen MR) is 111 cm³/mol. The molecule has 0 aliphatic rings. The molecule has 3 rings (SSSR count). The molecule has 2 aromatic carbocycles. The van der Waals surface area contributed by atoms with E-state index in [0.717, 1.165) is 11.3 Å². The van der Waals surface area contributed by atoms with Crippen molar-refractivity contribution >= 4 is 17.3 Å². The third kappa shape index (κ3) is 4.89. The molecular weight excluding hydrogens is 374 g/mol. The normalized spacial score (nSPS) is 10.7. The van der Waals surface area contributed by atoms with Gasteiger partial charge in [-0.25, -0.2) is 9.78 Å². The number of nitrogens with zero attached hydrogens (tertiary/aromatic N) is 1. The van der Waals surface area contributed by atoms with E-state index in [9.17, 15) is 9.90 Å². The number of rotatable bonds is 8. The summed E-state index contributed by atoms with van der Waals surface area (Å²) in [5.41, 5.74) is 3.79. The van der Waals surface area contributed by atoms with Gasteiger partial charge >= 0.3 is 5.97 Å². The van der Waals surface area contributed by atoms with E-state index in [1.54, 1.807) is 0 Å². The highest BCUT2D eigenvalue weighted by Crippen LogP contribution is 2.30. The number of carbonyl (C=O) groups is 1. The van der Waals surface area contributed by atoms with E-state index in [1.165, 1.54) is 22.5 Å². The lowest BCUT2D eigenvalue weighted by molar-refractivity contribution is 0.0701. The lowest BCUT2D eigenvalue weighted by atomic mass is 10.1. The van der Waals surface area contributed by atoms with Crippen molar-refractivity contribution in [3.05, 3.63) is 64.2 Å². The smallest absolute Gasteiger partial charge is 0.347 e. The number of hydrogen-bond acceptors (Lipinski definition) is 5. The summed E-state index contributed by atoms with van der Waals surface area (Å²) in [6, 6.07) is 13.6. The fourth-order valence-electron chi connectivity index (χ4n) is 2.94. The Morgan fingerprint density at radius 1 is 1.04 bits per heavy atom. The van der Waals surface area contributed by atoms with E-state index in [2.05, 4.69) is 11.1 Å². The van der Waals surface area contributed by atoms with Gasteiger partial charge in [-0.3, -0.25) is 0 Å². The lowest BCUT2D eigenvalue weighted by Crippen LogP contribution is -2.09. The Hall–Kier alpha value is -2.86. The zero-order valence-corrected chi connectivity index (χ0v) is 17.0. The zero-order valence-electron chi connectivity index (χ0n) is 16.2. The van der Waals surface area contributed by atoms with Crippen LogP contribution in [0.4, 0.5) is 0 Å². The first kappa shape index (κ1) is 19.9. The second-order valence-electron chi connectivity index (χ2n) is 6.50. The van der Waals surface area contributed by atoms with E-state index >= 15 is 0 Å². The number of aromatic nitrogens is 1. The van der Waals surface area contributed by atoms with Crippen LogP contribution in [0.1, 0.15) is 33.4 Å². The number of aromatic carboxylic acids is 1. The summed E-state index contributed by atoms with van der Waals surface area (Å²) in [6.07, 6.45) is 0.587. The molecule has 0 aliphatic carbocycles. The molecule has 6 heteroatoms. The van der Waals surface area contributed by atoms with Crippen LogP contribution in [-0.2, 0) is 6.42 Å². The van der Waals surface area contributed by atoms with Gasteiger partial charge in [-0.05, 0) is 55.7 Å². The van der Waals surface area contributed by atoms with Gasteiger partial charge in [-0.2, -0.15) is 0 Å². The molecule has 3 aromatic rings. The molecule has 1 heterocycles. The van der Waals surface area contributed by atoms with E-state index in [-0.39, 0.29) is 0 Å². The van der Waals surface area contributed by atoms with E-state index in [4.69, 9.17) is 9.47 Å². The summed E-state index contributed by atoms with van der Waals surface area (Å²) in [5, 5.41) is 10.0. The highest BCUT2D eigenvalue weighted by molar-refractivity contribution is 7.17. The first-order valence-corrected chi connectivity index (χ1v) is 9.95. The Morgan fingerprint density at radius 3 is 2.32 bits per heavy atom. The lowest BCUT2D eigenvalue weighted by Gasteiger charge is -2.10. The Kier molecular flexibility index (Phi) is 6.31. The third-order valence-electron chi connectivity index (χ3n) is 4.12. The Bertz CT molecular complexity index is 960. The summed E-state index contributed by atoms with van der Waals surface area (Å²) in [6.45, 7) is 6.84. The van der Waals surface area contributed by atoms with Gasteiger partial charge in [0.1, 0.15) is 34.6 Å². The third-order valence-corrected chi connectivity index (χ3v) is 5.26. The number of carboxylic acids is 1. The summed E-state index contributed by atoms with van der Waals surface area (Å²) < 4.78 is 11.6. The van der Waals surface area contributed by atoms with Gasteiger partial charge in [0.2, 0.25) is 0 Å². The van der Waals surface area contributed by atoms with Crippen LogP contribution in [0, 0.1) is 13.8 Å². The van der Waals surface area contributed by atoms with Crippen molar-refractivity contribution in [3.8, 4) is 22.1 Å². The van der Waals surface area contributed by atoms with Crippen molar-refractivity contribution < 1.29 is 19.4 Å². The number of hydrogen-bond donors (Lipinski definition) is 1. The van der Waals surface area contributed by atoms with Crippen molar-refractivity contribution in [2.45, 2.75) is 27.2 Å². The minimum atomic E-state index is -0.934. The monoisotopic (exact) mass is 397 g/mol. The number of thiazole rings is 1. The van der Waals surface area contributed by atoms with E-state index in [0.29, 0.717) is 41.0 Å². The molecule has 0 bridgehead atoms. The molecule has 0 fully saturated rings. The number of aryl methyl sites for hydroxylation is 3. The summed E-state index contributed by atoms with van der Waals surface area (Å²) in [5.74, 6) is 0.606. The number of carboxylic acid groups (broad SMARTS) is 1. The second kappa shape index (κ2) is 8.89. The van der Waals surface area contributed by atoms with Crippen LogP contribution < -0.4 is 9.47 Å². The maximum Gasteiger partial charge on any atom is 0.347 e. The number of benzene rings is 2. The van der Waals surface area contributed by atoms with Crippen LogP contribution >= 0.6 is 11.3 Å². The van der Waals surface area contributed by atoms with Crippen molar-refractivity contribution in [1.29, 1.82) is 0 Å². The van der Waals surface area contributed by atoms with Gasteiger partial charge in [0.05, 0.1) is 5.69 Å². The first-order chi connectivity index (χ1) is 13.5. The zero-order chi connectivity index (χ0) is 20.1. The quantitative estimate of drug-likeness (QED) is 0.533. The molecule has 5 nitrogen and oxygen atoms in total. The Morgan fingerprint density at radius 2 is 1.71 bits per heavy atom. The topological polar surface area (TPSA) is 68.7 Å². The maximum absolute atomic E-state index is 11.4. The van der Waals surface area contributed by atoms with E-state index < -0.39 is 5.97 Å². The average Bonchev–Trinajstić information content (AvgIpc) is 3.10. The van der Waals surface area contributed by atoms with Gasteiger partial charge in [-0.1, -0.05) is 25.1 Å². The van der Waals surface area contributed by atoms with Crippen molar-refractivity contribution in [2.75, 3.05) is 13.2 Å². The molecule has 0 saturated heterocycles. The van der Waals surface area contributed by atoms with Gasteiger partial charge in [0.25, 0.3) is 0 Å². The summed E-state index contributed by atoms with van der Waals surface area (Å²) in [7, 11) is 0. The molecule has 1 aromatic heterocycles. The minimum absolute atomic E-state index is 0.297. The highest BCUT2D eigenvalue weighted by Gasteiger charge is 2.17. The van der Waals surface area contributed by atoms with Crippen LogP contribution in [0.15, 0.2) is 42.5 Å². The molecule has 0 saturated carbocycles. The fraction of sp³-hybridized carbons (Fsp3) is 0.273. The van der Waals surface area contributed by atoms with Crippen LogP contribution in [0.5, 0.6) is 11.5 Å². The number of ether oxygens (including phenoxy) is 2. The van der Waals surface area contributed by atoms with Crippen LogP contribution in [0.3, 0.4) is 0 Å². The molecule has 146 valence electrons. The summed E-state index contributed by atoms with van der Waals surface area (Å²) >= 11 is 1.19. The van der Waals surface area contributed by atoms with Crippen molar-refractivity contribution in [3.63, 3.8) is 0 Å². The molecule has 28 heavy (non-hydrogen) atoms. The van der Waals surface area contributed by atoms with Gasteiger partial charge in [0, 0.05) is 5.56 Å². The average molecular weight is 397 g/mol. The van der Waals surface area contributed by atoms with Gasteiger partial charge in [0.15, 0.2) is 0 Å². The first-order valence-electron chi connectivity index (χ1n) is 9.13. The second-order valence-corrected chi connectivity index (χ2v) is 7.50.